The van der Waals surface area contributed by atoms with Crippen LogP contribution in [0.1, 0.15) is 42.5 Å². The van der Waals surface area contributed by atoms with E-state index in [1.807, 2.05) is 0 Å². The number of H-pyrrole nitrogens is 1. The summed E-state index contributed by atoms with van der Waals surface area (Å²) in [5, 5.41) is 14.4. The maximum atomic E-state index is 10.4. The third-order valence-electron chi connectivity index (χ3n) is 4.30. The molecule has 21 heavy (non-hydrogen) atoms. The summed E-state index contributed by atoms with van der Waals surface area (Å²) >= 11 is 0. The first-order valence-corrected chi connectivity index (χ1v) is 7.10. The molecule has 1 aromatic heterocycles. The number of amides is 1. The summed E-state index contributed by atoms with van der Waals surface area (Å²) in [4.78, 5) is 10.4. The molecule has 2 heterocycles. The third-order valence-corrected chi connectivity index (χ3v) is 4.30. The van der Waals surface area contributed by atoms with Gasteiger partial charge < -0.3 is 16.2 Å². The van der Waals surface area contributed by atoms with Gasteiger partial charge in [-0.2, -0.15) is 10.4 Å². The SMILES string of the molecule is N#CCC1CCC2(CC1)COC2.NC(=O)c1cn[nH]c1N. The largest absolute Gasteiger partial charge is 0.383 e. The van der Waals surface area contributed by atoms with Crippen LogP contribution in [0.15, 0.2) is 6.20 Å². The van der Waals surface area contributed by atoms with Gasteiger partial charge in [0.05, 0.1) is 25.5 Å². The Bertz CT molecular complexity index is 520. The zero-order valence-corrected chi connectivity index (χ0v) is 12.0. The van der Waals surface area contributed by atoms with E-state index >= 15 is 0 Å². The van der Waals surface area contributed by atoms with Gasteiger partial charge >= 0.3 is 0 Å². The van der Waals surface area contributed by atoms with Gasteiger partial charge in [0, 0.05) is 11.8 Å². The predicted molar refractivity (Wildman–Crippen MR) is 77.0 cm³/mol. The monoisotopic (exact) mass is 291 g/mol. The molecule has 0 unspecified atom stereocenters. The van der Waals surface area contributed by atoms with Crippen molar-refractivity contribution >= 4 is 11.7 Å². The van der Waals surface area contributed by atoms with E-state index in [4.69, 9.17) is 21.5 Å². The van der Waals surface area contributed by atoms with Gasteiger partial charge in [-0.3, -0.25) is 9.89 Å². The fourth-order valence-corrected chi connectivity index (χ4v) is 2.80. The Morgan fingerprint density at radius 1 is 1.52 bits per heavy atom. The maximum Gasteiger partial charge on any atom is 0.254 e. The lowest BCUT2D eigenvalue weighted by molar-refractivity contribution is -0.136. The van der Waals surface area contributed by atoms with Crippen LogP contribution in [0.3, 0.4) is 0 Å². The summed E-state index contributed by atoms with van der Waals surface area (Å²) in [6.45, 7) is 1.96. The van der Waals surface area contributed by atoms with Crippen LogP contribution in [-0.2, 0) is 4.74 Å². The summed E-state index contributed by atoms with van der Waals surface area (Å²) in [6, 6.07) is 2.27. The Hall–Kier alpha value is -2.07. The van der Waals surface area contributed by atoms with Crippen molar-refractivity contribution in [1.82, 2.24) is 10.2 Å². The predicted octanol–water partition coefficient (Wildman–Crippen LogP) is 1.20. The Labute approximate surface area is 123 Å². The number of nitrogen functional groups attached to an aromatic ring is 1. The number of hydrogen-bond acceptors (Lipinski definition) is 5. The molecule has 2 fully saturated rings. The van der Waals surface area contributed by atoms with Crippen LogP contribution in [0.2, 0.25) is 0 Å². The first-order chi connectivity index (χ1) is 10.1. The average Bonchev–Trinajstić information content (AvgIpc) is 2.86. The molecule has 0 aromatic carbocycles. The zero-order chi connectivity index (χ0) is 15.3. The van der Waals surface area contributed by atoms with Crippen molar-refractivity contribution in [1.29, 1.82) is 5.26 Å². The molecule has 1 aliphatic heterocycles. The number of primary amides is 1. The Balaban J connectivity index is 0.000000161. The number of aromatic nitrogens is 2. The second kappa shape index (κ2) is 6.59. The van der Waals surface area contributed by atoms with Gasteiger partial charge in [0.15, 0.2) is 0 Å². The van der Waals surface area contributed by atoms with Gasteiger partial charge in [-0.05, 0) is 31.6 Å². The molecular weight excluding hydrogens is 270 g/mol. The average molecular weight is 291 g/mol. The van der Waals surface area contributed by atoms with E-state index < -0.39 is 5.91 Å². The Morgan fingerprint density at radius 2 is 2.19 bits per heavy atom. The van der Waals surface area contributed by atoms with Crippen LogP contribution < -0.4 is 11.5 Å². The van der Waals surface area contributed by atoms with Crippen molar-refractivity contribution in [3.05, 3.63) is 11.8 Å². The van der Waals surface area contributed by atoms with Crippen molar-refractivity contribution < 1.29 is 9.53 Å². The van der Waals surface area contributed by atoms with Crippen molar-refractivity contribution in [3.8, 4) is 6.07 Å². The number of nitrogens with two attached hydrogens (primary N) is 2. The van der Waals surface area contributed by atoms with E-state index in [-0.39, 0.29) is 11.4 Å². The molecule has 2 aliphatic rings. The minimum absolute atomic E-state index is 0.211. The number of rotatable bonds is 2. The molecule has 114 valence electrons. The summed E-state index contributed by atoms with van der Waals surface area (Å²) in [5.41, 5.74) is 10.9. The molecular formula is C14H21N5O2. The van der Waals surface area contributed by atoms with Gasteiger partial charge in [0.2, 0.25) is 0 Å². The number of carbonyl (C=O) groups excluding carboxylic acids is 1. The lowest BCUT2D eigenvalue weighted by Crippen LogP contribution is -2.45. The Morgan fingerprint density at radius 3 is 2.52 bits per heavy atom. The molecule has 1 amide bonds. The molecule has 0 radical (unpaired) electrons. The van der Waals surface area contributed by atoms with E-state index in [9.17, 15) is 4.79 Å². The van der Waals surface area contributed by atoms with Crippen LogP contribution in [0, 0.1) is 22.7 Å². The van der Waals surface area contributed by atoms with Gasteiger partial charge in [0.25, 0.3) is 5.91 Å². The van der Waals surface area contributed by atoms with Gasteiger partial charge in [-0.1, -0.05) is 0 Å². The molecule has 5 N–H and O–H groups in total. The molecule has 1 saturated carbocycles. The van der Waals surface area contributed by atoms with Crippen molar-refractivity contribution in [3.63, 3.8) is 0 Å². The summed E-state index contributed by atoms with van der Waals surface area (Å²) < 4.78 is 5.25. The summed E-state index contributed by atoms with van der Waals surface area (Å²) in [6.07, 6.45) is 7.13. The molecule has 7 heteroatoms. The highest BCUT2D eigenvalue weighted by Gasteiger charge is 2.41. The third kappa shape index (κ3) is 3.73. The van der Waals surface area contributed by atoms with Crippen molar-refractivity contribution in [2.24, 2.45) is 17.1 Å². The first kappa shape index (κ1) is 15.3. The number of hydrogen-bond donors (Lipinski definition) is 3. The van der Waals surface area contributed by atoms with Gasteiger partial charge in [-0.25, -0.2) is 0 Å². The van der Waals surface area contributed by atoms with Crippen LogP contribution >= 0.6 is 0 Å². The smallest absolute Gasteiger partial charge is 0.254 e. The Kier molecular flexibility index (Phi) is 4.81. The lowest BCUT2D eigenvalue weighted by atomic mass is 9.69. The van der Waals surface area contributed by atoms with Gasteiger partial charge in [0.1, 0.15) is 11.4 Å². The zero-order valence-electron chi connectivity index (χ0n) is 12.0. The molecule has 1 spiro atoms. The molecule has 7 nitrogen and oxygen atoms in total. The van der Waals surface area contributed by atoms with Gasteiger partial charge in [-0.15, -0.1) is 0 Å². The van der Waals surface area contributed by atoms with E-state index in [1.165, 1.54) is 31.9 Å². The van der Waals surface area contributed by atoms with Crippen molar-refractivity contribution in [2.75, 3.05) is 18.9 Å². The fourth-order valence-electron chi connectivity index (χ4n) is 2.80. The number of ether oxygens (including phenoxy) is 1. The topological polar surface area (TPSA) is 131 Å². The second-order valence-electron chi connectivity index (χ2n) is 5.86. The highest BCUT2D eigenvalue weighted by molar-refractivity contribution is 5.96. The second-order valence-corrected chi connectivity index (χ2v) is 5.86. The minimum atomic E-state index is -0.568. The number of nitriles is 1. The van der Waals surface area contributed by atoms with E-state index in [0.717, 1.165) is 19.6 Å². The normalized spacial score (nSPS) is 20.0. The van der Waals surface area contributed by atoms with Crippen molar-refractivity contribution in [2.45, 2.75) is 32.1 Å². The molecule has 0 atom stereocenters. The number of anilines is 1. The quantitative estimate of drug-likeness (QED) is 0.753. The minimum Gasteiger partial charge on any atom is -0.383 e. The molecule has 1 aromatic rings. The number of nitrogens with one attached hydrogen (secondary N) is 1. The summed E-state index contributed by atoms with van der Waals surface area (Å²) in [7, 11) is 0. The number of nitrogens with zero attached hydrogens (tertiary/aromatic N) is 2. The molecule has 1 saturated heterocycles. The first-order valence-electron chi connectivity index (χ1n) is 7.10. The van der Waals surface area contributed by atoms with E-state index in [1.54, 1.807) is 0 Å². The van der Waals surface area contributed by atoms with E-state index in [0.29, 0.717) is 11.3 Å². The highest BCUT2D eigenvalue weighted by atomic mass is 16.5. The van der Waals surface area contributed by atoms with Crippen LogP contribution in [0.4, 0.5) is 5.82 Å². The fraction of sp³-hybridized carbons (Fsp3) is 0.643. The lowest BCUT2D eigenvalue weighted by Gasteiger charge is -2.46. The molecule has 3 rings (SSSR count). The highest BCUT2D eigenvalue weighted by Crippen LogP contribution is 2.44. The van der Waals surface area contributed by atoms with Crippen LogP contribution in [0.5, 0.6) is 0 Å². The van der Waals surface area contributed by atoms with E-state index in [2.05, 4.69) is 16.3 Å². The number of carbonyl (C=O) groups is 1. The standard InChI is InChI=1S/C10H15NO.C4H6N4O/c11-6-3-9-1-4-10(5-2-9)7-12-8-10;5-3-2(4(6)9)1-7-8-3/h9H,1-5,7-8H2;1H,(H2,6,9)(H3,5,7,8). The molecule has 0 bridgehead atoms. The summed E-state index contributed by atoms with van der Waals surface area (Å²) in [5.74, 6) is 0.324. The maximum absolute atomic E-state index is 10.4. The number of aromatic amines is 1. The van der Waals surface area contributed by atoms with Crippen LogP contribution in [0.25, 0.3) is 0 Å². The molecule has 1 aliphatic carbocycles. The van der Waals surface area contributed by atoms with Crippen LogP contribution in [-0.4, -0.2) is 29.3 Å².